The SMILES string of the molecule is CCCCNC(=O)C(CCCCCC(C(=O)NCCCC)C(=O)NCCCC)C(=O)NCCCC. The molecule has 0 heterocycles. The molecule has 0 atom stereocenters. The van der Waals surface area contributed by atoms with E-state index >= 15 is 0 Å². The second-order valence-corrected chi connectivity index (χ2v) is 9.32. The summed E-state index contributed by atoms with van der Waals surface area (Å²) < 4.78 is 0. The molecule has 0 saturated carbocycles. The summed E-state index contributed by atoms with van der Waals surface area (Å²) in [5.74, 6) is -2.25. The number of carbonyl (C=O) groups excluding carboxylic acids is 4. The van der Waals surface area contributed by atoms with Crippen LogP contribution in [0, 0.1) is 11.8 Å². The average Bonchev–Trinajstić information content (AvgIpc) is 2.83. The van der Waals surface area contributed by atoms with Crippen LogP contribution in [0.3, 0.4) is 0 Å². The van der Waals surface area contributed by atoms with Crippen molar-refractivity contribution in [2.45, 2.75) is 111 Å². The van der Waals surface area contributed by atoms with Gasteiger partial charge in [-0.3, -0.25) is 19.2 Å². The second kappa shape index (κ2) is 22.4. The van der Waals surface area contributed by atoms with Crippen LogP contribution in [0.5, 0.6) is 0 Å². The van der Waals surface area contributed by atoms with E-state index in [0.29, 0.717) is 51.9 Å². The molecule has 0 aliphatic heterocycles. The molecule has 0 rings (SSSR count). The van der Waals surface area contributed by atoms with Gasteiger partial charge in [0.1, 0.15) is 11.8 Å². The fraction of sp³-hybridized carbons (Fsp3) is 0.852. The molecule has 0 radical (unpaired) electrons. The van der Waals surface area contributed by atoms with Crippen LogP contribution in [0.1, 0.15) is 111 Å². The molecule has 0 bridgehead atoms. The maximum atomic E-state index is 12.6. The van der Waals surface area contributed by atoms with Gasteiger partial charge in [0.05, 0.1) is 0 Å². The summed E-state index contributed by atoms with van der Waals surface area (Å²) in [5.41, 5.74) is 0. The lowest BCUT2D eigenvalue weighted by Crippen LogP contribution is -2.42. The first-order valence-corrected chi connectivity index (χ1v) is 14.0. The number of nitrogens with one attached hydrogen (secondary N) is 4. The fourth-order valence-electron chi connectivity index (χ4n) is 3.68. The molecular weight excluding hydrogens is 444 g/mol. The van der Waals surface area contributed by atoms with Crippen LogP contribution in [0.25, 0.3) is 0 Å². The van der Waals surface area contributed by atoms with Crippen LogP contribution in [0.15, 0.2) is 0 Å². The molecule has 0 unspecified atom stereocenters. The van der Waals surface area contributed by atoms with Crippen molar-refractivity contribution in [3.63, 3.8) is 0 Å². The molecule has 0 aromatic heterocycles. The second-order valence-electron chi connectivity index (χ2n) is 9.32. The van der Waals surface area contributed by atoms with Gasteiger partial charge in [0.15, 0.2) is 0 Å². The van der Waals surface area contributed by atoms with Gasteiger partial charge in [-0.1, -0.05) is 72.6 Å². The Labute approximate surface area is 213 Å². The normalized spacial score (nSPS) is 10.9. The third kappa shape index (κ3) is 16.2. The number of hydrogen-bond acceptors (Lipinski definition) is 4. The van der Waals surface area contributed by atoms with Crippen molar-refractivity contribution in [2.24, 2.45) is 11.8 Å². The zero-order valence-electron chi connectivity index (χ0n) is 22.8. The number of unbranched alkanes of at least 4 members (excludes halogenated alkanes) is 6. The standard InChI is InChI=1S/C27H52N4O4/c1-5-9-18-28-24(32)22(25(33)29-19-10-6-2)16-14-13-15-17-23(26(34)30-20-11-7-3)27(35)31-21-12-8-4/h22-23H,5-21H2,1-4H3,(H,28,32)(H,29,33)(H,30,34)(H,31,35). The van der Waals surface area contributed by atoms with E-state index in [0.717, 1.165) is 57.8 Å². The average molecular weight is 497 g/mol. The smallest absolute Gasteiger partial charge is 0.232 e. The van der Waals surface area contributed by atoms with Gasteiger partial charge in [0.2, 0.25) is 23.6 Å². The Balaban J connectivity index is 4.79. The Bertz CT molecular complexity index is 504. The molecular formula is C27H52N4O4. The van der Waals surface area contributed by atoms with Crippen LogP contribution in [0.2, 0.25) is 0 Å². The Morgan fingerprint density at radius 2 is 0.686 bits per heavy atom. The van der Waals surface area contributed by atoms with Crippen molar-refractivity contribution in [1.82, 2.24) is 21.3 Å². The third-order valence-corrected chi connectivity index (χ3v) is 6.07. The minimum absolute atomic E-state index is 0.212. The van der Waals surface area contributed by atoms with E-state index in [1.807, 2.05) is 0 Å². The topological polar surface area (TPSA) is 116 Å². The van der Waals surface area contributed by atoms with Gasteiger partial charge in [-0.05, 0) is 38.5 Å². The van der Waals surface area contributed by atoms with E-state index in [1.54, 1.807) is 0 Å². The highest BCUT2D eigenvalue weighted by atomic mass is 16.2. The lowest BCUT2D eigenvalue weighted by Gasteiger charge is -2.18. The molecule has 0 spiro atoms. The summed E-state index contributed by atoms with van der Waals surface area (Å²) in [6.07, 6.45) is 10.5. The largest absolute Gasteiger partial charge is 0.355 e. The van der Waals surface area contributed by atoms with E-state index in [1.165, 1.54) is 0 Å². The van der Waals surface area contributed by atoms with Gasteiger partial charge in [0, 0.05) is 26.2 Å². The Morgan fingerprint density at radius 3 is 0.914 bits per heavy atom. The Kier molecular flexibility index (Phi) is 21.0. The highest BCUT2D eigenvalue weighted by molar-refractivity contribution is 6.00. The van der Waals surface area contributed by atoms with Crippen molar-refractivity contribution in [3.05, 3.63) is 0 Å². The zero-order chi connectivity index (χ0) is 26.3. The van der Waals surface area contributed by atoms with Crippen molar-refractivity contribution in [2.75, 3.05) is 26.2 Å². The van der Waals surface area contributed by atoms with Gasteiger partial charge in [-0.25, -0.2) is 0 Å². The molecule has 0 fully saturated rings. The molecule has 0 aliphatic carbocycles. The van der Waals surface area contributed by atoms with Crippen LogP contribution < -0.4 is 21.3 Å². The van der Waals surface area contributed by atoms with Crippen molar-refractivity contribution >= 4 is 23.6 Å². The number of carbonyl (C=O) groups is 4. The Morgan fingerprint density at radius 1 is 0.429 bits per heavy atom. The number of rotatable bonds is 22. The van der Waals surface area contributed by atoms with Gasteiger partial charge >= 0.3 is 0 Å². The van der Waals surface area contributed by atoms with E-state index < -0.39 is 11.8 Å². The molecule has 0 aromatic rings. The molecule has 0 aromatic carbocycles. The van der Waals surface area contributed by atoms with Crippen LogP contribution in [-0.4, -0.2) is 49.8 Å². The van der Waals surface area contributed by atoms with Gasteiger partial charge < -0.3 is 21.3 Å². The molecule has 0 aliphatic rings. The first-order chi connectivity index (χ1) is 16.9. The molecule has 204 valence electrons. The summed E-state index contributed by atoms with van der Waals surface area (Å²) >= 11 is 0. The molecule has 8 heteroatoms. The van der Waals surface area contributed by atoms with Crippen molar-refractivity contribution in [3.8, 4) is 0 Å². The highest BCUT2D eigenvalue weighted by Gasteiger charge is 2.27. The van der Waals surface area contributed by atoms with Gasteiger partial charge in [0.25, 0.3) is 0 Å². The first kappa shape index (κ1) is 32.9. The van der Waals surface area contributed by atoms with E-state index in [9.17, 15) is 19.2 Å². The molecule has 0 saturated heterocycles. The predicted octanol–water partition coefficient (Wildman–Crippen LogP) is 3.83. The first-order valence-electron chi connectivity index (χ1n) is 14.0. The quantitative estimate of drug-likeness (QED) is 0.135. The summed E-state index contributed by atoms with van der Waals surface area (Å²) in [7, 11) is 0. The van der Waals surface area contributed by atoms with E-state index in [4.69, 9.17) is 0 Å². The van der Waals surface area contributed by atoms with Crippen molar-refractivity contribution < 1.29 is 19.2 Å². The van der Waals surface area contributed by atoms with Crippen LogP contribution in [0.4, 0.5) is 0 Å². The minimum Gasteiger partial charge on any atom is -0.355 e. The molecule has 35 heavy (non-hydrogen) atoms. The van der Waals surface area contributed by atoms with Crippen molar-refractivity contribution in [1.29, 1.82) is 0 Å². The lowest BCUT2D eigenvalue weighted by molar-refractivity contribution is -0.137. The molecule has 4 amide bonds. The highest BCUT2D eigenvalue weighted by Crippen LogP contribution is 2.16. The summed E-state index contributed by atoms with van der Waals surface area (Å²) in [6, 6.07) is 0. The zero-order valence-corrected chi connectivity index (χ0v) is 22.8. The van der Waals surface area contributed by atoms with Crippen LogP contribution in [-0.2, 0) is 19.2 Å². The van der Waals surface area contributed by atoms with Gasteiger partial charge in [-0.2, -0.15) is 0 Å². The summed E-state index contributed by atoms with van der Waals surface area (Å²) in [6.45, 7) is 10.5. The molecule has 8 nitrogen and oxygen atoms in total. The van der Waals surface area contributed by atoms with Crippen LogP contribution >= 0.6 is 0 Å². The maximum absolute atomic E-state index is 12.6. The Hall–Kier alpha value is -2.12. The number of amides is 4. The summed E-state index contributed by atoms with van der Waals surface area (Å²) in [4.78, 5) is 50.5. The van der Waals surface area contributed by atoms with E-state index in [-0.39, 0.29) is 23.6 Å². The summed E-state index contributed by atoms with van der Waals surface area (Å²) in [5, 5.41) is 11.5. The predicted molar refractivity (Wildman–Crippen MR) is 142 cm³/mol. The molecule has 4 N–H and O–H groups in total. The minimum atomic E-state index is -0.700. The third-order valence-electron chi connectivity index (χ3n) is 6.07. The van der Waals surface area contributed by atoms with Gasteiger partial charge in [-0.15, -0.1) is 0 Å². The monoisotopic (exact) mass is 496 g/mol. The maximum Gasteiger partial charge on any atom is 0.232 e. The number of hydrogen-bond donors (Lipinski definition) is 4. The lowest BCUT2D eigenvalue weighted by atomic mass is 9.95. The van der Waals surface area contributed by atoms with E-state index in [2.05, 4.69) is 49.0 Å². The fourth-order valence-corrected chi connectivity index (χ4v) is 3.68.